The third kappa shape index (κ3) is 9.18. The quantitative estimate of drug-likeness (QED) is 0.267. The predicted molar refractivity (Wildman–Crippen MR) is 136 cm³/mol. The highest BCUT2D eigenvalue weighted by atomic mass is 16.7. The fraction of sp³-hybridized carbons (Fsp3) is 0.800. The van der Waals surface area contributed by atoms with Crippen LogP contribution in [0, 0.1) is 17.8 Å². The van der Waals surface area contributed by atoms with Crippen LogP contribution in [0.25, 0.3) is 0 Å². The molecule has 1 aliphatic carbocycles. The lowest BCUT2D eigenvalue weighted by Gasteiger charge is -2.30. The molecule has 2 fully saturated rings. The van der Waals surface area contributed by atoms with Crippen LogP contribution in [-0.4, -0.2) is 13.2 Å². The van der Waals surface area contributed by atoms with E-state index in [2.05, 4.69) is 38.1 Å². The Morgan fingerprint density at radius 3 is 1.84 bits per heavy atom. The van der Waals surface area contributed by atoms with Crippen LogP contribution in [0.2, 0.25) is 0 Å². The van der Waals surface area contributed by atoms with E-state index in [4.69, 9.17) is 9.47 Å². The zero-order valence-corrected chi connectivity index (χ0v) is 21.2. The summed E-state index contributed by atoms with van der Waals surface area (Å²) in [4.78, 5) is 0. The normalized spacial score (nSPS) is 26.3. The number of benzene rings is 1. The smallest absolute Gasteiger partial charge is 0.183 e. The van der Waals surface area contributed by atoms with E-state index in [1.807, 2.05) is 0 Å². The lowest BCUT2D eigenvalue weighted by Crippen LogP contribution is -2.27. The van der Waals surface area contributed by atoms with Crippen LogP contribution in [0.3, 0.4) is 0 Å². The van der Waals surface area contributed by atoms with E-state index in [0.29, 0.717) is 5.92 Å². The van der Waals surface area contributed by atoms with Crippen LogP contribution in [0.1, 0.15) is 128 Å². The molecule has 0 bridgehead atoms. The first-order valence-electron chi connectivity index (χ1n) is 14.1. The summed E-state index contributed by atoms with van der Waals surface area (Å²) in [6, 6.07) is 8.96. The molecule has 0 amide bonds. The van der Waals surface area contributed by atoms with E-state index >= 15 is 0 Å². The third-order valence-corrected chi connectivity index (χ3v) is 7.92. The molecule has 0 N–H and O–H groups in total. The topological polar surface area (TPSA) is 18.5 Å². The number of hydrogen-bond acceptors (Lipinski definition) is 2. The minimum atomic E-state index is -0.162. The monoisotopic (exact) mass is 442 g/mol. The molecule has 1 saturated carbocycles. The summed E-state index contributed by atoms with van der Waals surface area (Å²) in [5, 5.41) is 0. The summed E-state index contributed by atoms with van der Waals surface area (Å²) in [5.41, 5.74) is 2.65. The van der Waals surface area contributed by atoms with E-state index in [1.165, 1.54) is 114 Å². The lowest BCUT2D eigenvalue weighted by atomic mass is 9.78. The molecular weight excluding hydrogens is 392 g/mol. The summed E-state index contributed by atoms with van der Waals surface area (Å²) < 4.78 is 12.2. The first-order chi connectivity index (χ1) is 15.8. The SMILES string of the molecule is CCCCCC1CCC(CCCCc2cccc(C3OCC(CCCCC)CO3)c2)CC1. The molecule has 2 heteroatoms. The van der Waals surface area contributed by atoms with Gasteiger partial charge in [0.25, 0.3) is 0 Å². The van der Waals surface area contributed by atoms with Crippen molar-refractivity contribution in [1.29, 1.82) is 0 Å². The van der Waals surface area contributed by atoms with Gasteiger partial charge in [0.15, 0.2) is 6.29 Å². The minimum absolute atomic E-state index is 0.162. The van der Waals surface area contributed by atoms with Gasteiger partial charge in [0.05, 0.1) is 13.2 Å². The van der Waals surface area contributed by atoms with Gasteiger partial charge in [-0.1, -0.05) is 122 Å². The zero-order chi connectivity index (χ0) is 22.4. The highest BCUT2D eigenvalue weighted by Crippen LogP contribution is 2.34. The van der Waals surface area contributed by atoms with Gasteiger partial charge in [-0.15, -0.1) is 0 Å². The largest absolute Gasteiger partial charge is 0.348 e. The Hall–Kier alpha value is -0.860. The molecule has 2 aliphatic rings. The average Bonchev–Trinajstić information content (AvgIpc) is 2.84. The summed E-state index contributed by atoms with van der Waals surface area (Å²) in [7, 11) is 0. The van der Waals surface area contributed by atoms with Gasteiger partial charge in [0, 0.05) is 11.5 Å². The second kappa shape index (κ2) is 15.1. The maximum atomic E-state index is 6.08. The van der Waals surface area contributed by atoms with Gasteiger partial charge in [0.2, 0.25) is 0 Å². The van der Waals surface area contributed by atoms with Crippen LogP contribution in [0.5, 0.6) is 0 Å². The molecule has 0 spiro atoms. The Morgan fingerprint density at radius 1 is 0.688 bits per heavy atom. The summed E-state index contributed by atoms with van der Waals surface area (Å²) >= 11 is 0. The second-order valence-corrected chi connectivity index (χ2v) is 10.7. The standard InChI is InChI=1S/C30H50O2/c1-3-5-7-12-25-18-20-26(21-19-25)13-9-10-14-27-16-11-17-29(22-27)30-31-23-28(24-32-30)15-8-6-4-2/h11,16-17,22,25-26,28,30H,3-10,12-15,18-21,23-24H2,1-2H3. The van der Waals surface area contributed by atoms with E-state index in [1.54, 1.807) is 0 Å². The van der Waals surface area contributed by atoms with Crippen molar-refractivity contribution < 1.29 is 9.47 Å². The van der Waals surface area contributed by atoms with Crippen molar-refractivity contribution in [3.8, 4) is 0 Å². The Labute approximate surface area is 198 Å². The van der Waals surface area contributed by atoms with Crippen molar-refractivity contribution in [3.63, 3.8) is 0 Å². The summed E-state index contributed by atoms with van der Waals surface area (Å²) in [6.07, 6.45) is 22.0. The van der Waals surface area contributed by atoms with Crippen molar-refractivity contribution in [1.82, 2.24) is 0 Å². The fourth-order valence-corrected chi connectivity index (χ4v) is 5.73. The number of unbranched alkanes of at least 4 members (excludes halogenated alkanes) is 5. The van der Waals surface area contributed by atoms with E-state index < -0.39 is 0 Å². The van der Waals surface area contributed by atoms with Crippen LogP contribution in [0.15, 0.2) is 24.3 Å². The molecule has 1 aromatic carbocycles. The molecule has 32 heavy (non-hydrogen) atoms. The molecule has 2 nitrogen and oxygen atoms in total. The Morgan fingerprint density at radius 2 is 1.25 bits per heavy atom. The molecule has 182 valence electrons. The number of ether oxygens (including phenoxy) is 2. The molecule has 0 atom stereocenters. The first kappa shape index (κ1) is 25.8. The third-order valence-electron chi connectivity index (χ3n) is 7.92. The first-order valence-corrected chi connectivity index (χ1v) is 14.1. The Balaban J connectivity index is 1.30. The summed E-state index contributed by atoms with van der Waals surface area (Å²) in [5.74, 6) is 2.61. The fourth-order valence-electron chi connectivity index (χ4n) is 5.73. The molecule has 1 aromatic rings. The van der Waals surface area contributed by atoms with Gasteiger partial charge < -0.3 is 9.47 Å². The van der Waals surface area contributed by atoms with Gasteiger partial charge >= 0.3 is 0 Å². The molecule has 0 unspecified atom stereocenters. The molecule has 0 radical (unpaired) electrons. The van der Waals surface area contributed by atoms with Crippen LogP contribution in [-0.2, 0) is 15.9 Å². The molecule has 1 saturated heterocycles. The lowest BCUT2D eigenvalue weighted by molar-refractivity contribution is -0.206. The Bertz CT molecular complexity index is 597. The van der Waals surface area contributed by atoms with Crippen LogP contribution in [0.4, 0.5) is 0 Å². The van der Waals surface area contributed by atoms with Crippen LogP contribution >= 0.6 is 0 Å². The number of rotatable bonds is 14. The van der Waals surface area contributed by atoms with Crippen molar-refractivity contribution in [3.05, 3.63) is 35.4 Å². The minimum Gasteiger partial charge on any atom is -0.348 e. The highest BCUT2D eigenvalue weighted by molar-refractivity contribution is 5.24. The molecule has 1 aliphatic heterocycles. The van der Waals surface area contributed by atoms with E-state index in [0.717, 1.165) is 25.0 Å². The van der Waals surface area contributed by atoms with Gasteiger partial charge in [-0.3, -0.25) is 0 Å². The summed E-state index contributed by atoms with van der Waals surface area (Å²) in [6.45, 7) is 6.27. The molecule has 0 aromatic heterocycles. The average molecular weight is 443 g/mol. The van der Waals surface area contributed by atoms with Crippen molar-refractivity contribution in [2.24, 2.45) is 17.8 Å². The van der Waals surface area contributed by atoms with E-state index in [9.17, 15) is 0 Å². The van der Waals surface area contributed by atoms with Gasteiger partial charge in [-0.25, -0.2) is 0 Å². The highest BCUT2D eigenvalue weighted by Gasteiger charge is 2.23. The zero-order valence-electron chi connectivity index (χ0n) is 21.2. The Kier molecular flexibility index (Phi) is 12.2. The maximum Gasteiger partial charge on any atom is 0.183 e. The molecule has 3 rings (SSSR count). The van der Waals surface area contributed by atoms with Crippen LogP contribution < -0.4 is 0 Å². The number of hydrogen-bond donors (Lipinski definition) is 0. The van der Waals surface area contributed by atoms with Gasteiger partial charge in [-0.05, 0) is 36.7 Å². The van der Waals surface area contributed by atoms with Gasteiger partial charge in [-0.2, -0.15) is 0 Å². The molecule has 1 heterocycles. The van der Waals surface area contributed by atoms with Gasteiger partial charge in [0.1, 0.15) is 0 Å². The maximum absolute atomic E-state index is 6.08. The number of aryl methyl sites for hydroxylation is 1. The molecular formula is C30H50O2. The van der Waals surface area contributed by atoms with Crippen molar-refractivity contribution >= 4 is 0 Å². The van der Waals surface area contributed by atoms with Crippen molar-refractivity contribution in [2.75, 3.05) is 13.2 Å². The predicted octanol–water partition coefficient (Wildman–Crippen LogP) is 9.03. The van der Waals surface area contributed by atoms with E-state index in [-0.39, 0.29) is 6.29 Å². The second-order valence-electron chi connectivity index (χ2n) is 10.7. The van der Waals surface area contributed by atoms with Crippen molar-refractivity contribution in [2.45, 2.75) is 123 Å².